The molecule has 26 heavy (non-hydrogen) atoms. The fraction of sp³-hybridized carbons (Fsp3) is 0.105. The summed E-state index contributed by atoms with van der Waals surface area (Å²) in [7, 11) is 2.50. The summed E-state index contributed by atoms with van der Waals surface area (Å²) in [6, 6.07) is 11.7. The number of rotatable bonds is 4. The Morgan fingerprint density at radius 1 is 1.04 bits per heavy atom. The van der Waals surface area contributed by atoms with Crippen molar-refractivity contribution >= 4 is 34.7 Å². The van der Waals surface area contributed by atoms with Gasteiger partial charge in [-0.05, 0) is 24.3 Å². The number of hydrogen-bond acceptors (Lipinski definition) is 6. The van der Waals surface area contributed by atoms with Crippen LogP contribution in [-0.4, -0.2) is 42.5 Å². The molecule has 7 heteroatoms. The second-order valence-electron chi connectivity index (χ2n) is 5.44. The summed E-state index contributed by atoms with van der Waals surface area (Å²) in [5, 5.41) is 10.9. The quantitative estimate of drug-likeness (QED) is 0.555. The summed E-state index contributed by atoms with van der Waals surface area (Å²) in [4.78, 5) is 30.8. The van der Waals surface area contributed by atoms with E-state index in [2.05, 4.69) is 9.98 Å². The lowest BCUT2D eigenvalue weighted by Gasteiger charge is -2.05. The summed E-state index contributed by atoms with van der Waals surface area (Å²) < 4.78 is 9.40. The molecule has 0 aliphatic heterocycles. The number of benzene rings is 2. The van der Waals surface area contributed by atoms with Gasteiger partial charge < -0.3 is 19.6 Å². The van der Waals surface area contributed by atoms with E-state index in [4.69, 9.17) is 9.47 Å². The Labute approximate surface area is 148 Å². The first-order valence-electron chi connectivity index (χ1n) is 7.69. The fourth-order valence-electron chi connectivity index (χ4n) is 2.58. The predicted molar refractivity (Wildman–Crippen MR) is 96.3 cm³/mol. The fourth-order valence-corrected chi connectivity index (χ4v) is 2.58. The maximum absolute atomic E-state index is 11.8. The minimum absolute atomic E-state index is 0.0211. The van der Waals surface area contributed by atoms with Gasteiger partial charge >= 0.3 is 11.9 Å². The minimum Gasteiger partial charge on any atom is -0.494 e. The summed E-state index contributed by atoms with van der Waals surface area (Å²) in [5.74, 6) is -1.21. The Hall–Kier alpha value is -3.61. The number of aromatic amines is 1. The Kier molecular flexibility index (Phi) is 4.70. The summed E-state index contributed by atoms with van der Waals surface area (Å²) in [6.45, 7) is 0. The van der Waals surface area contributed by atoms with Crippen LogP contribution in [0.2, 0.25) is 0 Å². The number of carbonyl (C=O) groups excluding carboxylic acids is 2. The van der Waals surface area contributed by atoms with Gasteiger partial charge in [0.05, 0.1) is 36.6 Å². The van der Waals surface area contributed by atoms with Crippen LogP contribution in [-0.2, 0) is 9.47 Å². The van der Waals surface area contributed by atoms with Crippen molar-refractivity contribution in [2.24, 2.45) is 4.99 Å². The number of nitrogens with zero attached hydrogens (tertiary/aromatic N) is 1. The molecule has 0 atom stereocenters. The van der Waals surface area contributed by atoms with Gasteiger partial charge in [0, 0.05) is 17.1 Å². The van der Waals surface area contributed by atoms with Crippen LogP contribution in [0.5, 0.6) is 5.88 Å². The Bertz CT molecular complexity index is 986. The molecule has 1 aromatic heterocycles. The molecule has 0 fully saturated rings. The van der Waals surface area contributed by atoms with Gasteiger partial charge in [-0.15, -0.1) is 0 Å². The van der Waals surface area contributed by atoms with Crippen LogP contribution in [0, 0.1) is 0 Å². The molecular formula is C19H16N2O5. The minimum atomic E-state index is -0.595. The van der Waals surface area contributed by atoms with E-state index in [1.807, 2.05) is 24.3 Å². The van der Waals surface area contributed by atoms with Gasteiger partial charge in [0.1, 0.15) is 0 Å². The van der Waals surface area contributed by atoms with Gasteiger partial charge in [-0.1, -0.05) is 18.2 Å². The number of H-pyrrole nitrogens is 1. The highest BCUT2D eigenvalue weighted by Gasteiger charge is 2.14. The van der Waals surface area contributed by atoms with Crippen LogP contribution >= 0.6 is 0 Å². The van der Waals surface area contributed by atoms with Crippen molar-refractivity contribution in [3.8, 4) is 5.88 Å². The number of aliphatic imine (C=N–C) groups is 1. The van der Waals surface area contributed by atoms with E-state index >= 15 is 0 Å². The molecule has 2 N–H and O–H groups in total. The number of methoxy groups -OCH3 is 2. The number of para-hydroxylation sites is 1. The zero-order valence-corrected chi connectivity index (χ0v) is 14.1. The Morgan fingerprint density at radius 3 is 2.27 bits per heavy atom. The number of ether oxygens (including phenoxy) is 2. The third-order valence-corrected chi connectivity index (χ3v) is 3.83. The molecule has 0 saturated heterocycles. The van der Waals surface area contributed by atoms with E-state index < -0.39 is 11.9 Å². The van der Waals surface area contributed by atoms with Gasteiger partial charge in [0.25, 0.3) is 0 Å². The highest BCUT2D eigenvalue weighted by atomic mass is 16.5. The highest BCUT2D eigenvalue weighted by Crippen LogP contribution is 2.26. The average Bonchev–Trinajstić information content (AvgIpc) is 2.99. The molecule has 0 unspecified atom stereocenters. The van der Waals surface area contributed by atoms with Gasteiger partial charge in [-0.2, -0.15) is 0 Å². The van der Waals surface area contributed by atoms with Crippen LogP contribution in [0.3, 0.4) is 0 Å². The number of nitrogens with one attached hydrogen (secondary N) is 1. The maximum Gasteiger partial charge on any atom is 0.337 e. The zero-order valence-electron chi connectivity index (χ0n) is 14.1. The first-order chi connectivity index (χ1) is 12.5. The van der Waals surface area contributed by atoms with Crippen molar-refractivity contribution < 1.29 is 24.2 Å². The van der Waals surface area contributed by atoms with Crippen molar-refractivity contribution in [2.45, 2.75) is 0 Å². The molecule has 0 aliphatic rings. The highest BCUT2D eigenvalue weighted by molar-refractivity contribution is 6.03. The molecule has 7 nitrogen and oxygen atoms in total. The molecule has 0 radical (unpaired) electrons. The standard InChI is InChI=1S/C19H16N2O5/c1-25-18(23)11-7-12(19(24)26-2)9-13(8-11)20-10-15-14-5-3-4-6-16(14)21-17(15)22/h3-10,21-22H,1-2H3. The van der Waals surface area contributed by atoms with Gasteiger partial charge in [-0.3, -0.25) is 4.99 Å². The first-order valence-corrected chi connectivity index (χ1v) is 7.69. The lowest BCUT2D eigenvalue weighted by Crippen LogP contribution is -2.06. The zero-order chi connectivity index (χ0) is 18.7. The van der Waals surface area contributed by atoms with Gasteiger partial charge in [-0.25, -0.2) is 9.59 Å². The van der Waals surface area contributed by atoms with Crippen molar-refractivity contribution in [2.75, 3.05) is 14.2 Å². The summed E-state index contributed by atoms with van der Waals surface area (Å²) >= 11 is 0. The number of aromatic hydroxyl groups is 1. The number of carbonyl (C=O) groups is 2. The van der Waals surface area contributed by atoms with Crippen molar-refractivity contribution in [1.82, 2.24) is 4.98 Å². The van der Waals surface area contributed by atoms with Gasteiger partial charge in [0.2, 0.25) is 0 Å². The molecule has 0 aliphatic carbocycles. The van der Waals surface area contributed by atoms with Crippen LogP contribution < -0.4 is 0 Å². The van der Waals surface area contributed by atoms with E-state index in [0.29, 0.717) is 11.3 Å². The first kappa shape index (κ1) is 17.2. The normalized spacial score (nSPS) is 11.0. The number of fused-ring (bicyclic) bond motifs is 1. The van der Waals surface area contributed by atoms with E-state index in [-0.39, 0.29) is 17.0 Å². The number of aromatic nitrogens is 1. The average molecular weight is 352 g/mol. The second kappa shape index (κ2) is 7.10. The number of hydrogen-bond donors (Lipinski definition) is 2. The third-order valence-electron chi connectivity index (χ3n) is 3.83. The molecule has 132 valence electrons. The Morgan fingerprint density at radius 2 is 1.65 bits per heavy atom. The van der Waals surface area contributed by atoms with Crippen LogP contribution in [0.4, 0.5) is 5.69 Å². The van der Waals surface area contributed by atoms with E-state index in [1.165, 1.54) is 38.6 Å². The van der Waals surface area contributed by atoms with Crippen molar-refractivity contribution in [3.63, 3.8) is 0 Å². The lowest BCUT2D eigenvalue weighted by molar-refractivity contribution is 0.0599. The third kappa shape index (κ3) is 3.27. The van der Waals surface area contributed by atoms with Crippen LogP contribution in [0.15, 0.2) is 47.5 Å². The topological polar surface area (TPSA) is 101 Å². The number of esters is 2. The van der Waals surface area contributed by atoms with Crippen LogP contribution in [0.1, 0.15) is 26.3 Å². The molecule has 3 rings (SSSR count). The molecule has 3 aromatic rings. The molecule has 0 amide bonds. The van der Waals surface area contributed by atoms with E-state index in [9.17, 15) is 14.7 Å². The maximum atomic E-state index is 11.8. The molecule has 2 aromatic carbocycles. The SMILES string of the molecule is COC(=O)c1cc(N=Cc2c(O)[nH]c3ccccc23)cc(C(=O)OC)c1. The van der Waals surface area contributed by atoms with Crippen molar-refractivity contribution in [1.29, 1.82) is 0 Å². The Balaban J connectivity index is 2.05. The summed E-state index contributed by atoms with van der Waals surface area (Å²) in [6.07, 6.45) is 1.46. The molecular weight excluding hydrogens is 336 g/mol. The molecule has 0 spiro atoms. The molecule has 0 bridgehead atoms. The lowest BCUT2D eigenvalue weighted by atomic mass is 10.1. The monoisotopic (exact) mass is 352 g/mol. The van der Waals surface area contributed by atoms with Crippen LogP contribution in [0.25, 0.3) is 10.9 Å². The van der Waals surface area contributed by atoms with E-state index in [0.717, 1.165) is 10.9 Å². The summed E-state index contributed by atoms with van der Waals surface area (Å²) in [5.41, 5.74) is 1.96. The second-order valence-corrected chi connectivity index (χ2v) is 5.44. The molecule has 0 saturated carbocycles. The van der Waals surface area contributed by atoms with Crippen molar-refractivity contribution in [3.05, 3.63) is 59.2 Å². The van der Waals surface area contributed by atoms with Gasteiger partial charge in [0.15, 0.2) is 5.88 Å². The smallest absolute Gasteiger partial charge is 0.337 e. The predicted octanol–water partition coefficient (Wildman–Crippen LogP) is 3.20. The molecule has 1 heterocycles. The largest absolute Gasteiger partial charge is 0.494 e. The van der Waals surface area contributed by atoms with E-state index in [1.54, 1.807) is 0 Å².